The molecule has 122 valence electrons. The molecule has 3 heterocycles. The van der Waals surface area contributed by atoms with Crippen LogP contribution in [0.5, 0.6) is 0 Å². The third kappa shape index (κ3) is 4.99. The molecule has 0 fully saturated rings. The molecule has 24 heavy (non-hydrogen) atoms. The average molecular weight is 359 g/mol. The Balaban J connectivity index is 1.80. The first-order chi connectivity index (χ1) is 11.7. The van der Waals surface area contributed by atoms with Gasteiger partial charge >= 0.3 is 0 Å². The smallest absolute Gasteiger partial charge is 0.0559 e. The molecule has 6 heteroatoms. The number of nitrogens with zero attached hydrogens (tertiary/aromatic N) is 4. The van der Waals surface area contributed by atoms with Crippen molar-refractivity contribution in [2.75, 3.05) is 0 Å². The molecule has 0 aliphatic rings. The van der Waals surface area contributed by atoms with Gasteiger partial charge in [0.25, 0.3) is 0 Å². The molecule has 0 saturated heterocycles. The van der Waals surface area contributed by atoms with Crippen LogP contribution in [0.2, 0.25) is 10.0 Å². The van der Waals surface area contributed by atoms with E-state index in [1.54, 1.807) is 30.7 Å². The van der Waals surface area contributed by atoms with Gasteiger partial charge in [0, 0.05) is 48.3 Å². The Hall–Kier alpha value is -2.01. The summed E-state index contributed by atoms with van der Waals surface area (Å²) in [5.41, 5.74) is 2.79. The molecule has 3 aromatic heterocycles. The molecule has 0 unspecified atom stereocenters. The van der Waals surface area contributed by atoms with Crippen molar-refractivity contribution in [3.63, 3.8) is 0 Å². The highest BCUT2D eigenvalue weighted by atomic mass is 35.5. The fraction of sp³-hybridized carbons (Fsp3) is 0.167. The van der Waals surface area contributed by atoms with E-state index in [1.807, 2.05) is 30.3 Å². The summed E-state index contributed by atoms with van der Waals surface area (Å²) in [7, 11) is 0. The molecule has 0 aliphatic heterocycles. The summed E-state index contributed by atoms with van der Waals surface area (Å²) in [5, 5.41) is 1.36. The minimum absolute atomic E-state index is 0.644. The molecule has 3 rings (SSSR count). The summed E-state index contributed by atoms with van der Waals surface area (Å²) in [5.74, 6) is 0. The van der Waals surface area contributed by atoms with E-state index in [4.69, 9.17) is 23.2 Å². The summed E-state index contributed by atoms with van der Waals surface area (Å²) in [6, 6.07) is 13.2. The van der Waals surface area contributed by atoms with Gasteiger partial charge in [0.15, 0.2) is 0 Å². The Bertz CT molecular complexity index is 748. The quantitative estimate of drug-likeness (QED) is 0.655. The monoisotopic (exact) mass is 358 g/mol. The van der Waals surface area contributed by atoms with Crippen LogP contribution in [-0.4, -0.2) is 19.9 Å². The minimum atomic E-state index is 0.644. The molecule has 0 aliphatic carbocycles. The van der Waals surface area contributed by atoms with Gasteiger partial charge in [0.05, 0.1) is 17.1 Å². The lowest BCUT2D eigenvalue weighted by atomic mass is 10.2. The van der Waals surface area contributed by atoms with E-state index in [1.165, 1.54) is 0 Å². The molecule has 0 radical (unpaired) electrons. The molecule has 0 saturated carbocycles. The zero-order valence-electron chi connectivity index (χ0n) is 12.9. The Morgan fingerprint density at radius 3 is 1.71 bits per heavy atom. The van der Waals surface area contributed by atoms with Crippen molar-refractivity contribution >= 4 is 23.2 Å². The Morgan fingerprint density at radius 2 is 1.21 bits per heavy atom. The Kier molecular flexibility index (Phi) is 5.75. The van der Waals surface area contributed by atoms with E-state index in [0.29, 0.717) is 29.7 Å². The van der Waals surface area contributed by atoms with Gasteiger partial charge in [0.1, 0.15) is 0 Å². The number of pyridine rings is 3. The second kappa shape index (κ2) is 8.20. The largest absolute Gasteiger partial charge is 0.286 e. The van der Waals surface area contributed by atoms with E-state index in [0.717, 1.165) is 17.1 Å². The summed E-state index contributed by atoms with van der Waals surface area (Å²) in [4.78, 5) is 15.4. The second-order valence-electron chi connectivity index (χ2n) is 5.40. The van der Waals surface area contributed by atoms with Crippen LogP contribution in [0.1, 0.15) is 17.1 Å². The number of halogens is 2. The predicted octanol–water partition coefficient (Wildman–Crippen LogP) is 4.38. The lowest BCUT2D eigenvalue weighted by molar-refractivity contribution is 0.239. The predicted molar refractivity (Wildman–Crippen MR) is 95.7 cm³/mol. The van der Waals surface area contributed by atoms with E-state index < -0.39 is 0 Å². The molecular weight excluding hydrogens is 343 g/mol. The van der Waals surface area contributed by atoms with Crippen LogP contribution in [0.25, 0.3) is 0 Å². The molecule has 0 aromatic carbocycles. The fourth-order valence-corrected chi connectivity index (χ4v) is 2.78. The Morgan fingerprint density at radius 1 is 0.667 bits per heavy atom. The van der Waals surface area contributed by atoms with Crippen molar-refractivity contribution in [1.29, 1.82) is 0 Å². The first-order valence-electron chi connectivity index (χ1n) is 7.52. The van der Waals surface area contributed by atoms with Gasteiger partial charge in [-0.25, -0.2) is 0 Å². The maximum atomic E-state index is 6.07. The van der Waals surface area contributed by atoms with Gasteiger partial charge in [0.2, 0.25) is 0 Å². The lowest BCUT2D eigenvalue weighted by Gasteiger charge is -2.21. The van der Waals surface area contributed by atoms with Crippen molar-refractivity contribution in [1.82, 2.24) is 19.9 Å². The number of aromatic nitrogens is 3. The van der Waals surface area contributed by atoms with Crippen molar-refractivity contribution in [3.8, 4) is 0 Å². The fourth-order valence-electron chi connectivity index (χ4n) is 2.42. The number of hydrogen-bond acceptors (Lipinski definition) is 4. The number of rotatable bonds is 6. The molecule has 0 bridgehead atoms. The van der Waals surface area contributed by atoms with Crippen molar-refractivity contribution in [3.05, 3.63) is 88.2 Å². The topological polar surface area (TPSA) is 41.9 Å². The standard InChI is InChI=1S/C18H16Cl2N4/c19-14-4-7-22-17(9-14)12-24(11-16-3-1-2-6-21-16)13-18-10-15(20)5-8-23-18/h1-10H,11-13H2. The van der Waals surface area contributed by atoms with Gasteiger partial charge in [-0.2, -0.15) is 0 Å². The highest BCUT2D eigenvalue weighted by Crippen LogP contribution is 2.15. The van der Waals surface area contributed by atoms with Gasteiger partial charge in [-0.1, -0.05) is 29.3 Å². The van der Waals surface area contributed by atoms with Crippen molar-refractivity contribution in [2.24, 2.45) is 0 Å². The maximum absolute atomic E-state index is 6.07. The van der Waals surface area contributed by atoms with Gasteiger partial charge in [-0.05, 0) is 36.4 Å². The van der Waals surface area contributed by atoms with Crippen molar-refractivity contribution < 1.29 is 0 Å². The second-order valence-corrected chi connectivity index (χ2v) is 6.27. The first kappa shape index (κ1) is 16.8. The van der Waals surface area contributed by atoms with Gasteiger partial charge in [-0.15, -0.1) is 0 Å². The summed E-state index contributed by atoms with van der Waals surface area (Å²) in [6.45, 7) is 1.97. The molecule has 0 amide bonds. The first-order valence-corrected chi connectivity index (χ1v) is 8.28. The van der Waals surface area contributed by atoms with E-state index in [9.17, 15) is 0 Å². The van der Waals surface area contributed by atoms with Crippen LogP contribution in [-0.2, 0) is 19.6 Å². The third-order valence-corrected chi connectivity index (χ3v) is 3.91. The van der Waals surface area contributed by atoms with Crippen LogP contribution >= 0.6 is 23.2 Å². The normalized spacial score (nSPS) is 11.0. The van der Waals surface area contributed by atoms with Gasteiger partial charge in [-0.3, -0.25) is 19.9 Å². The third-order valence-electron chi connectivity index (χ3n) is 3.44. The van der Waals surface area contributed by atoms with Crippen LogP contribution < -0.4 is 0 Å². The van der Waals surface area contributed by atoms with Crippen LogP contribution in [0.4, 0.5) is 0 Å². The van der Waals surface area contributed by atoms with Crippen molar-refractivity contribution in [2.45, 2.75) is 19.6 Å². The highest BCUT2D eigenvalue weighted by Gasteiger charge is 2.11. The summed E-state index contributed by atoms with van der Waals surface area (Å²) >= 11 is 12.1. The molecule has 0 N–H and O–H groups in total. The maximum Gasteiger partial charge on any atom is 0.0559 e. The van der Waals surface area contributed by atoms with E-state index >= 15 is 0 Å². The van der Waals surface area contributed by atoms with Crippen LogP contribution in [0.15, 0.2) is 61.1 Å². The Labute approximate surface area is 151 Å². The molecule has 3 aromatic rings. The van der Waals surface area contributed by atoms with E-state index in [-0.39, 0.29) is 0 Å². The molecule has 4 nitrogen and oxygen atoms in total. The molecule has 0 spiro atoms. The minimum Gasteiger partial charge on any atom is -0.286 e. The molecular formula is C18H16Cl2N4. The summed E-state index contributed by atoms with van der Waals surface area (Å²) < 4.78 is 0. The zero-order valence-corrected chi connectivity index (χ0v) is 14.5. The van der Waals surface area contributed by atoms with Gasteiger partial charge < -0.3 is 0 Å². The average Bonchev–Trinajstić information content (AvgIpc) is 2.56. The SMILES string of the molecule is Clc1ccnc(CN(Cc2ccccn2)Cc2cc(Cl)ccn2)c1. The molecule has 0 atom stereocenters. The highest BCUT2D eigenvalue weighted by molar-refractivity contribution is 6.30. The lowest BCUT2D eigenvalue weighted by Crippen LogP contribution is -2.24. The summed E-state index contributed by atoms with van der Waals surface area (Å²) in [6.07, 6.45) is 5.23. The van der Waals surface area contributed by atoms with Crippen LogP contribution in [0.3, 0.4) is 0 Å². The number of hydrogen-bond donors (Lipinski definition) is 0. The zero-order chi connectivity index (χ0) is 16.8. The van der Waals surface area contributed by atoms with E-state index in [2.05, 4.69) is 19.9 Å². The van der Waals surface area contributed by atoms with Crippen LogP contribution in [0, 0.1) is 0 Å².